The molecule has 2 N–H and O–H groups in total. The smallest absolute Gasteiger partial charge is 0.0511 e. The van der Waals surface area contributed by atoms with Crippen molar-refractivity contribution < 1.29 is 0 Å². The van der Waals surface area contributed by atoms with Crippen LogP contribution in [0.1, 0.15) is 38.3 Å². The Bertz CT molecular complexity index is 337. The van der Waals surface area contributed by atoms with Crippen LogP contribution in [0.5, 0.6) is 0 Å². The summed E-state index contributed by atoms with van der Waals surface area (Å²) in [4.78, 5) is 6.74. The lowest BCUT2D eigenvalue weighted by Crippen LogP contribution is -2.38. The van der Waals surface area contributed by atoms with Crippen LogP contribution in [0.4, 0.5) is 0 Å². The van der Waals surface area contributed by atoms with Gasteiger partial charge in [0.15, 0.2) is 0 Å². The molecule has 1 aromatic heterocycles. The summed E-state index contributed by atoms with van der Waals surface area (Å²) in [5.41, 5.74) is 7.42. The summed E-state index contributed by atoms with van der Waals surface area (Å²) < 4.78 is 0. The van der Waals surface area contributed by atoms with E-state index in [2.05, 4.69) is 29.8 Å². The molecule has 2 heterocycles. The Kier molecular flexibility index (Phi) is 4.13. The van der Waals surface area contributed by atoms with Gasteiger partial charge in [-0.2, -0.15) is 0 Å². The van der Waals surface area contributed by atoms with Crippen molar-refractivity contribution in [3.63, 3.8) is 0 Å². The highest BCUT2D eigenvalue weighted by molar-refractivity contribution is 5.16. The molecule has 2 rings (SSSR count). The third kappa shape index (κ3) is 2.85. The van der Waals surface area contributed by atoms with Crippen molar-refractivity contribution in [3.8, 4) is 0 Å². The van der Waals surface area contributed by atoms with Gasteiger partial charge in [-0.3, -0.25) is 9.88 Å². The van der Waals surface area contributed by atoms with Gasteiger partial charge in [0.25, 0.3) is 0 Å². The van der Waals surface area contributed by atoms with Crippen LogP contribution in [0, 0.1) is 5.92 Å². The molecule has 0 bridgehead atoms. The number of hydrogen-bond donors (Lipinski definition) is 1. The Labute approximate surface area is 104 Å². The molecule has 0 aromatic carbocycles. The zero-order valence-corrected chi connectivity index (χ0v) is 10.8. The molecule has 3 unspecified atom stereocenters. The maximum Gasteiger partial charge on any atom is 0.0511 e. The normalized spacial score (nSPS) is 24.8. The van der Waals surface area contributed by atoms with E-state index in [4.69, 9.17) is 5.73 Å². The average molecular weight is 233 g/mol. The molecule has 0 spiro atoms. The predicted octanol–water partition coefficient (Wildman–Crippen LogP) is 2.20. The van der Waals surface area contributed by atoms with Crippen molar-refractivity contribution in [1.29, 1.82) is 0 Å². The summed E-state index contributed by atoms with van der Waals surface area (Å²) in [5.74, 6) is 0.841. The molecule has 0 amide bonds. The quantitative estimate of drug-likeness (QED) is 0.867. The van der Waals surface area contributed by atoms with E-state index in [0.29, 0.717) is 6.04 Å². The van der Waals surface area contributed by atoms with E-state index < -0.39 is 0 Å². The van der Waals surface area contributed by atoms with Gasteiger partial charge in [-0.15, -0.1) is 0 Å². The molecule has 1 saturated heterocycles. The molecule has 17 heavy (non-hydrogen) atoms. The van der Waals surface area contributed by atoms with E-state index in [1.54, 1.807) is 0 Å². The van der Waals surface area contributed by atoms with Crippen molar-refractivity contribution in [3.05, 3.63) is 30.1 Å². The van der Waals surface area contributed by atoms with Crippen LogP contribution < -0.4 is 5.73 Å². The zero-order valence-electron chi connectivity index (χ0n) is 10.8. The second-order valence-corrected chi connectivity index (χ2v) is 5.15. The highest BCUT2D eigenvalue weighted by Gasteiger charge is 2.30. The molecular formula is C14H23N3. The van der Waals surface area contributed by atoms with Crippen LogP contribution in [0.3, 0.4) is 0 Å². The third-order valence-corrected chi connectivity index (χ3v) is 3.81. The summed E-state index contributed by atoms with van der Waals surface area (Å²) in [6.45, 7) is 6.72. The Hall–Kier alpha value is -0.930. The minimum Gasteiger partial charge on any atom is -0.326 e. The topological polar surface area (TPSA) is 42.2 Å². The third-order valence-electron chi connectivity index (χ3n) is 3.81. The summed E-state index contributed by atoms with van der Waals surface area (Å²) in [6, 6.07) is 4.60. The first-order valence-corrected chi connectivity index (χ1v) is 6.62. The molecule has 0 radical (unpaired) electrons. The van der Waals surface area contributed by atoms with Crippen molar-refractivity contribution >= 4 is 0 Å². The first-order chi connectivity index (χ1) is 8.22. The first-order valence-electron chi connectivity index (χ1n) is 6.62. The van der Waals surface area contributed by atoms with Crippen LogP contribution >= 0.6 is 0 Å². The molecule has 3 heteroatoms. The van der Waals surface area contributed by atoms with Gasteiger partial charge in [0.2, 0.25) is 0 Å². The fourth-order valence-corrected chi connectivity index (χ4v) is 2.85. The lowest BCUT2D eigenvalue weighted by Gasteiger charge is -2.31. The van der Waals surface area contributed by atoms with E-state index >= 15 is 0 Å². The molecular weight excluding hydrogens is 210 g/mol. The first kappa shape index (κ1) is 12.5. The van der Waals surface area contributed by atoms with Crippen LogP contribution in [0.2, 0.25) is 0 Å². The van der Waals surface area contributed by atoms with Gasteiger partial charge in [-0.1, -0.05) is 19.4 Å². The van der Waals surface area contributed by atoms with E-state index in [1.165, 1.54) is 31.5 Å². The maximum atomic E-state index is 6.17. The summed E-state index contributed by atoms with van der Waals surface area (Å²) in [5, 5.41) is 0. The standard InChI is InChI=1S/C14H23N3/c1-3-12-6-8-17(10-12)14(11(2)15)13-5-4-7-16-9-13/h4-5,7,9,11-12,14H,3,6,8,10,15H2,1-2H3. The fourth-order valence-electron chi connectivity index (χ4n) is 2.85. The van der Waals surface area contributed by atoms with Gasteiger partial charge in [0.05, 0.1) is 6.04 Å². The fraction of sp³-hybridized carbons (Fsp3) is 0.643. The Morgan fingerprint density at radius 2 is 2.41 bits per heavy atom. The molecule has 1 aliphatic rings. The van der Waals surface area contributed by atoms with Gasteiger partial charge in [-0.05, 0) is 37.4 Å². The number of nitrogens with zero attached hydrogens (tertiary/aromatic N) is 2. The van der Waals surface area contributed by atoms with Gasteiger partial charge in [0.1, 0.15) is 0 Å². The summed E-state index contributed by atoms with van der Waals surface area (Å²) >= 11 is 0. The van der Waals surface area contributed by atoms with Crippen LogP contribution in [0.15, 0.2) is 24.5 Å². The number of rotatable bonds is 4. The van der Waals surface area contributed by atoms with E-state index in [9.17, 15) is 0 Å². The lowest BCUT2D eigenvalue weighted by atomic mass is 10.0. The summed E-state index contributed by atoms with van der Waals surface area (Å²) in [7, 11) is 0. The molecule has 1 aromatic rings. The van der Waals surface area contributed by atoms with E-state index in [0.717, 1.165) is 5.92 Å². The molecule has 3 atom stereocenters. The molecule has 3 nitrogen and oxygen atoms in total. The molecule has 1 fully saturated rings. The number of nitrogens with two attached hydrogens (primary N) is 1. The predicted molar refractivity (Wildman–Crippen MR) is 70.6 cm³/mol. The Morgan fingerprint density at radius 1 is 1.59 bits per heavy atom. The van der Waals surface area contributed by atoms with Gasteiger partial charge in [0, 0.05) is 25.0 Å². The molecule has 1 aliphatic heterocycles. The minimum absolute atomic E-state index is 0.148. The molecule has 0 aliphatic carbocycles. The number of aromatic nitrogens is 1. The summed E-state index contributed by atoms with van der Waals surface area (Å²) in [6.07, 6.45) is 6.35. The lowest BCUT2D eigenvalue weighted by molar-refractivity contribution is 0.210. The highest BCUT2D eigenvalue weighted by atomic mass is 15.2. The van der Waals surface area contributed by atoms with Crippen LogP contribution in [0.25, 0.3) is 0 Å². The monoisotopic (exact) mass is 233 g/mol. The number of hydrogen-bond acceptors (Lipinski definition) is 3. The molecule has 0 saturated carbocycles. The Morgan fingerprint density at radius 3 is 2.94 bits per heavy atom. The van der Waals surface area contributed by atoms with Crippen molar-refractivity contribution in [2.45, 2.75) is 38.8 Å². The van der Waals surface area contributed by atoms with Gasteiger partial charge >= 0.3 is 0 Å². The second-order valence-electron chi connectivity index (χ2n) is 5.15. The van der Waals surface area contributed by atoms with Crippen molar-refractivity contribution in [1.82, 2.24) is 9.88 Å². The van der Waals surface area contributed by atoms with E-state index in [1.807, 2.05) is 18.5 Å². The maximum absolute atomic E-state index is 6.17. The molecule has 94 valence electrons. The largest absolute Gasteiger partial charge is 0.326 e. The van der Waals surface area contributed by atoms with Gasteiger partial charge < -0.3 is 5.73 Å². The van der Waals surface area contributed by atoms with Crippen LogP contribution in [-0.4, -0.2) is 29.0 Å². The van der Waals surface area contributed by atoms with Crippen molar-refractivity contribution in [2.75, 3.05) is 13.1 Å². The zero-order chi connectivity index (χ0) is 12.3. The number of likely N-dealkylation sites (tertiary alicyclic amines) is 1. The Balaban J connectivity index is 2.14. The van der Waals surface area contributed by atoms with Gasteiger partial charge in [-0.25, -0.2) is 0 Å². The average Bonchev–Trinajstić information content (AvgIpc) is 2.79. The van der Waals surface area contributed by atoms with Crippen LogP contribution in [-0.2, 0) is 0 Å². The van der Waals surface area contributed by atoms with E-state index in [-0.39, 0.29) is 6.04 Å². The SMILES string of the molecule is CCC1CCN(C(c2cccnc2)C(C)N)C1. The van der Waals surface area contributed by atoms with Crippen molar-refractivity contribution in [2.24, 2.45) is 11.7 Å². The second kappa shape index (κ2) is 5.61. The highest BCUT2D eigenvalue weighted by Crippen LogP contribution is 2.30. The number of pyridine rings is 1. The minimum atomic E-state index is 0.148.